The molecule has 2 aromatic heterocycles. The largest absolute Gasteiger partial charge is 0.361 e. The summed E-state index contributed by atoms with van der Waals surface area (Å²) in [5, 5.41) is 8.80. The van der Waals surface area contributed by atoms with E-state index in [0.717, 1.165) is 61.3 Å². The third kappa shape index (κ3) is 4.89. The van der Waals surface area contributed by atoms with Crippen LogP contribution < -0.4 is 0 Å². The van der Waals surface area contributed by atoms with Crippen molar-refractivity contribution < 1.29 is 4.39 Å². The first-order valence-electron chi connectivity index (χ1n) is 11.3. The van der Waals surface area contributed by atoms with Crippen LogP contribution in [0.5, 0.6) is 0 Å². The van der Waals surface area contributed by atoms with Gasteiger partial charge in [0.25, 0.3) is 0 Å². The fraction of sp³-hybridized carbons (Fsp3) is 0.360. The van der Waals surface area contributed by atoms with E-state index in [4.69, 9.17) is 0 Å². The number of fused-ring (bicyclic) bond motifs is 1. The van der Waals surface area contributed by atoms with Gasteiger partial charge >= 0.3 is 0 Å². The molecular weight excluding hydrogens is 403 g/mol. The molecule has 1 aliphatic heterocycles. The molecule has 1 N–H and O–H groups in total. The zero-order chi connectivity index (χ0) is 21.8. The monoisotopic (exact) mass is 432 g/mol. The number of hydrogen-bond acceptors (Lipinski definition) is 4. The number of nitrogens with one attached hydrogen (secondary N) is 1. The van der Waals surface area contributed by atoms with Crippen LogP contribution >= 0.6 is 0 Å². The number of aromatic nitrogens is 4. The van der Waals surface area contributed by atoms with Gasteiger partial charge < -0.3 is 9.88 Å². The first-order chi connectivity index (χ1) is 15.7. The molecule has 4 aromatic rings. The predicted octanol–water partition coefficient (Wildman–Crippen LogP) is 3.49. The third-order valence-electron chi connectivity index (χ3n) is 6.39. The summed E-state index contributed by atoms with van der Waals surface area (Å²) in [7, 11) is 0. The van der Waals surface area contributed by atoms with Crippen LogP contribution in [0.4, 0.5) is 4.39 Å². The summed E-state index contributed by atoms with van der Waals surface area (Å²) in [4.78, 5) is 8.03. The Kier molecular flexibility index (Phi) is 6.27. The highest BCUT2D eigenvalue weighted by Crippen LogP contribution is 2.23. The lowest BCUT2D eigenvalue weighted by atomic mass is 10.1. The molecule has 0 aliphatic carbocycles. The van der Waals surface area contributed by atoms with Gasteiger partial charge in [-0.05, 0) is 35.7 Å². The third-order valence-corrected chi connectivity index (χ3v) is 6.39. The highest BCUT2D eigenvalue weighted by atomic mass is 19.1. The van der Waals surface area contributed by atoms with Crippen molar-refractivity contribution in [3.05, 3.63) is 78.5 Å². The smallest absolute Gasteiger partial charge is 0.123 e. The molecule has 32 heavy (non-hydrogen) atoms. The van der Waals surface area contributed by atoms with Crippen LogP contribution in [0.2, 0.25) is 0 Å². The normalized spacial score (nSPS) is 16.5. The second kappa shape index (κ2) is 9.63. The zero-order valence-corrected chi connectivity index (χ0v) is 18.2. The fourth-order valence-electron chi connectivity index (χ4n) is 4.54. The van der Waals surface area contributed by atoms with Crippen LogP contribution in [-0.4, -0.2) is 75.0 Å². The van der Waals surface area contributed by atoms with Gasteiger partial charge in [0.2, 0.25) is 0 Å². The van der Waals surface area contributed by atoms with Crippen molar-refractivity contribution in [2.24, 2.45) is 0 Å². The first kappa shape index (κ1) is 20.8. The van der Waals surface area contributed by atoms with Gasteiger partial charge in [-0.15, -0.1) is 10.2 Å². The Morgan fingerprint density at radius 1 is 0.938 bits per heavy atom. The van der Waals surface area contributed by atoms with Crippen molar-refractivity contribution in [1.82, 2.24) is 29.5 Å². The molecule has 5 rings (SSSR count). The standard InChI is InChI=1S/C25H29FN6/c26-22(17-31-12-10-30(11-13-31)9-8-20-4-2-1-3-5-20)14-21-16-27-25-7-6-23(15-24(21)25)32-18-28-29-19-32/h1-7,15-16,18-19,22,27H,8-14,17H2/t22-/m1/s1. The van der Waals surface area contributed by atoms with Crippen LogP contribution in [0.25, 0.3) is 16.6 Å². The summed E-state index contributed by atoms with van der Waals surface area (Å²) in [5.74, 6) is 0. The van der Waals surface area contributed by atoms with E-state index in [9.17, 15) is 0 Å². The zero-order valence-electron chi connectivity index (χ0n) is 18.2. The van der Waals surface area contributed by atoms with Gasteiger partial charge in [-0.1, -0.05) is 30.3 Å². The number of benzene rings is 2. The quantitative estimate of drug-likeness (QED) is 0.463. The molecule has 0 bridgehead atoms. The molecule has 2 aromatic carbocycles. The molecule has 0 radical (unpaired) electrons. The lowest BCUT2D eigenvalue weighted by Gasteiger charge is -2.35. The number of piperazine rings is 1. The number of H-pyrrole nitrogens is 1. The SMILES string of the molecule is F[C@H](Cc1c[nH]c2ccc(-n3cnnc3)cc12)CN1CCN(CCc2ccccc2)CC1. The van der Waals surface area contributed by atoms with Gasteiger partial charge in [0.1, 0.15) is 18.8 Å². The van der Waals surface area contributed by atoms with E-state index in [0.29, 0.717) is 13.0 Å². The molecule has 6 nitrogen and oxygen atoms in total. The molecule has 1 saturated heterocycles. The van der Waals surface area contributed by atoms with Crippen molar-refractivity contribution >= 4 is 10.9 Å². The van der Waals surface area contributed by atoms with Gasteiger partial charge in [-0.25, -0.2) is 4.39 Å². The van der Waals surface area contributed by atoms with Crippen molar-refractivity contribution in [2.45, 2.75) is 19.0 Å². The lowest BCUT2D eigenvalue weighted by Crippen LogP contribution is -2.48. The van der Waals surface area contributed by atoms with Crippen LogP contribution in [0.3, 0.4) is 0 Å². The first-order valence-corrected chi connectivity index (χ1v) is 11.3. The highest BCUT2D eigenvalue weighted by molar-refractivity contribution is 5.85. The molecule has 3 heterocycles. The van der Waals surface area contributed by atoms with Gasteiger partial charge in [-0.2, -0.15) is 0 Å². The molecule has 0 saturated carbocycles. The minimum atomic E-state index is -0.886. The molecule has 1 aliphatic rings. The van der Waals surface area contributed by atoms with E-state index in [-0.39, 0.29) is 0 Å². The van der Waals surface area contributed by atoms with Crippen LogP contribution in [-0.2, 0) is 12.8 Å². The van der Waals surface area contributed by atoms with E-state index in [1.165, 1.54) is 5.56 Å². The molecule has 0 spiro atoms. The summed E-state index contributed by atoms with van der Waals surface area (Å²) in [6.07, 6.45) is 5.89. The fourth-order valence-corrected chi connectivity index (χ4v) is 4.54. The number of hydrogen-bond donors (Lipinski definition) is 1. The summed E-state index contributed by atoms with van der Waals surface area (Å²) >= 11 is 0. The Morgan fingerprint density at radius 2 is 1.69 bits per heavy atom. The summed E-state index contributed by atoms with van der Waals surface area (Å²) in [6, 6.07) is 16.7. The number of halogens is 1. The molecular formula is C25H29FN6. The number of aromatic amines is 1. The number of alkyl halides is 1. The average molecular weight is 433 g/mol. The summed E-state index contributed by atoms with van der Waals surface area (Å²) in [6.45, 7) is 5.44. The van der Waals surface area contributed by atoms with E-state index in [2.05, 4.69) is 61.4 Å². The number of nitrogens with zero attached hydrogens (tertiary/aromatic N) is 5. The maximum atomic E-state index is 15.0. The minimum Gasteiger partial charge on any atom is -0.361 e. The van der Waals surface area contributed by atoms with Crippen molar-refractivity contribution in [2.75, 3.05) is 39.3 Å². The van der Waals surface area contributed by atoms with Crippen molar-refractivity contribution in [3.8, 4) is 5.69 Å². The van der Waals surface area contributed by atoms with E-state index in [1.807, 2.05) is 22.9 Å². The Bertz CT molecular complexity index is 1120. The number of rotatable bonds is 8. The van der Waals surface area contributed by atoms with Crippen molar-refractivity contribution in [3.63, 3.8) is 0 Å². The Balaban J connectivity index is 1.13. The van der Waals surface area contributed by atoms with E-state index < -0.39 is 6.17 Å². The van der Waals surface area contributed by atoms with Crippen LogP contribution in [0.1, 0.15) is 11.1 Å². The van der Waals surface area contributed by atoms with Crippen LogP contribution in [0.15, 0.2) is 67.4 Å². The van der Waals surface area contributed by atoms with Gasteiger partial charge in [-0.3, -0.25) is 9.47 Å². The average Bonchev–Trinajstić information content (AvgIpc) is 3.50. The second-order valence-corrected chi connectivity index (χ2v) is 8.59. The molecule has 1 fully saturated rings. The maximum absolute atomic E-state index is 15.0. The molecule has 166 valence electrons. The summed E-state index contributed by atoms with van der Waals surface area (Å²) in [5.41, 5.74) is 4.40. The minimum absolute atomic E-state index is 0.417. The van der Waals surface area contributed by atoms with Crippen molar-refractivity contribution in [1.29, 1.82) is 0 Å². The lowest BCUT2D eigenvalue weighted by molar-refractivity contribution is 0.107. The maximum Gasteiger partial charge on any atom is 0.123 e. The van der Waals surface area contributed by atoms with Gasteiger partial charge in [0.15, 0.2) is 0 Å². The summed E-state index contributed by atoms with van der Waals surface area (Å²) < 4.78 is 16.9. The van der Waals surface area contributed by atoms with E-state index in [1.54, 1.807) is 12.7 Å². The molecule has 0 unspecified atom stereocenters. The van der Waals surface area contributed by atoms with E-state index >= 15 is 4.39 Å². The molecule has 0 amide bonds. The second-order valence-electron chi connectivity index (χ2n) is 8.59. The van der Waals surface area contributed by atoms with Gasteiger partial charge in [0.05, 0.1) is 0 Å². The topological polar surface area (TPSA) is 53.0 Å². The Hall–Kier alpha value is -3.03. The Labute approximate surface area is 187 Å². The predicted molar refractivity (Wildman–Crippen MR) is 125 cm³/mol. The highest BCUT2D eigenvalue weighted by Gasteiger charge is 2.21. The Morgan fingerprint density at radius 3 is 2.47 bits per heavy atom. The van der Waals surface area contributed by atoms with Gasteiger partial charge in [0, 0.05) is 68.5 Å². The molecule has 7 heteroatoms. The molecule has 1 atom stereocenters. The van der Waals surface area contributed by atoms with Crippen LogP contribution in [0, 0.1) is 0 Å².